The number of nitrogens with zero attached hydrogens (tertiary/aromatic N) is 1. The number of nitrogens with two attached hydrogens (primary N) is 2. The number of carbonyl (C=O) groups is 4. The van der Waals surface area contributed by atoms with Crippen molar-refractivity contribution in [3.63, 3.8) is 0 Å². The van der Waals surface area contributed by atoms with Gasteiger partial charge in [-0.2, -0.15) is 0 Å². The Morgan fingerprint density at radius 3 is 2.20 bits per heavy atom. The number of hydrogen-bond donors (Lipinski definition) is 7. The van der Waals surface area contributed by atoms with Crippen LogP contribution in [0.4, 0.5) is 0 Å². The number of aromatic amines is 1. The lowest BCUT2D eigenvalue weighted by atomic mass is 9.96. The van der Waals surface area contributed by atoms with Crippen molar-refractivity contribution >= 4 is 23.7 Å². The molecule has 3 amide bonds. The molecule has 0 aliphatic rings. The van der Waals surface area contributed by atoms with Gasteiger partial charge in [0.25, 0.3) is 0 Å². The van der Waals surface area contributed by atoms with Gasteiger partial charge >= 0.3 is 5.97 Å². The molecule has 0 aliphatic heterocycles. The topological polar surface area (TPSA) is 205 Å². The molecule has 0 bridgehead atoms. The third kappa shape index (κ3) is 10.0. The summed E-state index contributed by atoms with van der Waals surface area (Å²) in [6.45, 7) is 7.55. The molecule has 0 radical (unpaired) electrons. The van der Waals surface area contributed by atoms with E-state index in [1.165, 1.54) is 12.5 Å². The second-order valence-corrected chi connectivity index (χ2v) is 9.17. The van der Waals surface area contributed by atoms with Gasteiger partial charge in [-0.3, -0.25) is 14.4 Å². The Bertz CT molecular complexity index is 815. The molecule has 1 rings (SSSR count). The molecule has 0 saturated heterocycles. The first kappa shape index (κ1) is 30.0. The first-order valence-electron chi connectivity index (χ1n) is 12.1. The highest BCUT2D eigenvalue weighted by molar-refractivity contribution is 5.94. The summed E-state index contributed by atoms with van der Waals surface area (Å²) >= 11 is 0. The van der Waals surface area contributed by atoms with Crippen LogP contribution in [0.5, 0.6) is 0 Å². The monoisotopic (exact) mass is 495 g/mol. The van der Waals surface area contributed by atoms with Crippen molar-refractivity contribution in [2.45, 2.75) is 84.0 Å². The fraction of sp³-hybridized carbons (Fsp3) is 0.696. The maximum atomic E-state index is 13.3. The molecule has 5 atom stereocenters. The number of imidazole rings is 1. The number of carboxylic acids is 1. The van der Waals surface area contributed by atoms with Crippen molar-refractivity contribution in [2.75, 3.05) is 6.54 Å². The number of H-pyrrole nitrogens is 1. The summed E-state index contributed by atoms with van der Waals surface area (Å²) in [7, 11) is 0. The summed E-state index contributed by atoms with van der Waals surface area (Å²) in [5.41, 5.74) is 12.0. The van der Waals surface area contributed by atoms with Gasteiger partial charge in [-0.15, -0.1) is 0 Å². The van der Waals surface area contributed by atoms with Crippen molar-refractivity contribution in [2.24, 2.45) is 23.3 Å². The zero-order valence-corrected chi connectivity index (χ0v) is 21.0. The minimum atomic E-state index is -1.17. The van der Waals surface area contributed by atoms with E-state index in [0.717, 1.165) is 6.42 Å². The number of rotatable bonds is 16. The molecule has 0 aliphatic carbocycles. The minimum absolute atomic E-state index is 0.0573. The van der Waals surface area contributed by atoms with E-state index in [1.807, 2.05) is 13.8 Å². The zero-order chi connectivity index (χ0) is 26.5. The van der Waals surface area contributed by atoms with Crippen LogP contribution in [0.3, 0.4) is 0 Å². The van der Waals surface area contributed by atoms with Crippen molar-refractivity contribution in [3.05, 3.63) is 18.2 Å². The highest BCUT2D eigenvalue weighted by atomic mass is 16.4. The maximum absolute atomic E-state index is 13.3. The fourth-order valence-corrected chi connectivity index (χ4v) is 3.46. The Kier molecular flexibility index (Phi) is 13.0. The smallest absolute Gasteiger partial charge is 0.326 e. The van der Waals surface area contributed by atoms with Crippen molar-refractivity contribution in [1.29, 1.82) is 0 Å². The molecular weight excluding hydrogens is 454 g/mol. The summed E-state index contributed by atoms with van der Waals surface area (Å²) in [5, 5.41) is 17.4. The van der Waals surface area contributed by atoms with E-state index in [1.54, 1.807) is 13.8 Å². The highest BCUT2D eigenvalue weighted by Gasteiger charge is 2.33. The summed E-state index contributed by atoms with van der Waals surface area (Å²) in [5.74, 6) is -3.45. The third-order valence-electron chi connectivity index (χ3n) is 5.94. The van der Waals surface area contributed by atoms with Gasteiger partial charge in [-0.1, -0.05) is 40.5 Å². The molecule has 35 heavy (non-hydrogen) atoms. The van der Waals surface area contributed by atoms with Crippen LogP contribution in [-0.4, -0.2) is 69.5 Å². The number of amides is 3. The molecule has 0 fully saturated rings. The predicted octanol–water partition coefficient (Wildman–Crippen LogP) is -0.350. The zero-order valence-electron chi connectivity index (χ0n) is 21.0. The summed E-state index contributed by atoms with van der Waals surface area (Å²) in [4.78, 5) is 57.3. The van der Waals surface area contributed by atoms with Gasteiger partial charge < -0.3 is 37.5 Å². The minimum Gasteiger partial charge on any atom is -0.480 e. The van der Waals surface area contributed by atoms with Crippen molar-refractivity contribution < 1.29 is 24.3 Å². The molecule has 9 N–H and O–H groups in total. The maximum Gasteiger partial charge on any atom is 0.326 e. The first-order chi connectivity index (χ1) is 16.5. The Hall–Kier alpha value is -2.99. The Labute approximate surface area is 206 Å². The number of nitrogens with one attached hydrogen (secondary N) is 4. The standard InChI is InChI=1S/C23H41N7O5/c1-5-14(4)19(30-20(31)16(25)8-6-7-9-24)22(33)28-17(10-15-11-26-12-27-15)21(32)29-18(13(2)3)23(34)35/h11-14,16-19H,5-10,24-25H2,1-4H3,(H,26,27)(H,28,33)(H,29,32)(H,30,31)(H,34,35). The second kappa shape index (κ2) is 15.1. The van der Waals surface area contributed by atoms with Crippen LogP contribution < -0.4 is 27.4 Å². The largest absolute Gasteiger partial charge is 0.480 e. The quantitative estimate of drug-likeness (QED) is 0.150. The molecule has 12 heteroatoms. The van der Waals surface area contributed by atoms with Crippen molar-refractivity contribution in [3.8, 4) is 0 Å². The number of carbonyl (C=O) groups excluding carboxylic acids is 3. The van der Waals surface area contributed by atoms with E-state index < -0.39 is 47.9 Å². The molecule has 12 nitrogen and oxygen atoms in total. The van der Waals surface area contributed by atoms with Crippen molar-refractivity contribution in [1.82, 2.24) is 25.9 Å². The van der Waals surface area contributed by atoms with Gasteiger partial charge in [0.1, 0.15) is 18.1 Å². The highest BCUT2D eigenvalue weighted by Crippen LogP contribution is 2.11. The molecule has 5 unspecified atom stereocenters. The Morgan fingerprint density at radius 2 is 1.69 bits per heavy atom. The average molecular weight is 496 g/mol. The third-order valence-corrected chi connectivity index (χ3v) is 5.94. The van der Waals surface area contributed by atoms with Crippen LogP contribution in [-0.2, 0) is 25.6 Å². The Morgan fingerprint density at radius 1 is 1.03 bits per heavy atom. The lowest BCUT2D eigenvalue weighted by molar-refractivity contribution is -0.143. The summed E-state index contributed by atoms with van der Waals surface area (Å²) < 4.78 is 0. The van der Waals surface area contributed by atoms with E-state index in [2.05, 4.69) is 25.9 Å². The number of aliphatic carboxylic acids is 1. The molecule has 0 spiro atoms. The SMILES string of the molecule is CCC(C)C(NC(=O)C(N)CCCCN)C(=O)NC(Cc1cnc[nH]1)C(=O)NC(C(=O)O)C(C)C. The molecule has 1 aromatic heterocycles. The molecule has 198 valence electrons. The van der Waals surface area contributed by atoms with Gasteiger partial charge in [-0.05, 0) is 31.2 Å². The van der Waals surface area contributed by atoms with Crippen LogP contribution in [0.15, 0.2) is 12.5 Å². The van der Waals surface area contributed by atoms with Crippen LogP contribution in [0.25, 0.3) is 0 Å². The van der Waals surface area contributed by atoms with Gasteiger partial charge in [0, 0.05) is 18.3 Å². The van der Waals surface area contributed by atoms with Crippen LogP contribution >= 0.6 is 0 Å². The second-order valence-electron chi connectivity index (χ2n) is 9.17. The summed E-state index contributed by atoms with van der Waals surface area (Å²) in [6.07, 6.45) is 5.47. The van der Waals surface area contributed by atoms with E-state index in [9.17, 15) is 24.3 Å². The number of carboxylic acid groups (broad SMARTS) is 1. The fourth-order valence-electron chi connectivity index (χ4n) is 3.46. The molecular formula is C23H41N7O5. The first-order valence-corrected chi connectivity index (χ1v) is 12.1. The van der Waals surface area contributed by atoms with E-state index >= 15 is 0 Å². The molecule has 1 heterocycles. The Balaban J connectivity index is 3.03. The van der Waals surface area contributed by atoms with Gasteiger partial charge in [0.15, 0.2) is 0 Å². The van der Waals surface area contributed by atoms with Gasteiger partial charge in [-0.25, -0.2) is 9.78 Å². The molecule has 0 saturated carbocycles. The van der Waals surface area contributed by atoms with Gasteiger partial charge in [0.05, 0.1) is 12.4 Å². The van der Waals surface area contributed by atoms with Gasteiger partial charge in [0.2, 0.25) is 17.7 Å². The lowest BCUT2D eigenvalue weighted by Crippen LogP contribution is -2.59. The number of hydrogen-bond acceptors (Lipinski definition) is 7. The van der Waals surface area contributed by atoms with E-state index in [0.29, 0.717) is 31.5 Å². The van der Waals surface area contributed by atoms with Crippen LogP contribution in [0.2, 0.25) is 0 Å². The lowest BCUT2D eigenvalue weighted by Gasteiger charge is -2.28. The summed E-state index contributed by atoms with van der Waals surface area (Å²) in [6, 6.07) is -3.93. The number of unbranched alkanes of at least 4 members (excludes halogenated alkanes) is 1. The predicted molar refractivity (Wildman–Crippen MR) is 131 cm³/mol. The average Bonchev–Trinajstić information content (AvgIpc) is 3.32. The van der Waals surface area contributed by atoms with E-state index in [-0.39, 0.29) is 18.3 Å². The normalized spacial score (nSPS) is 15.5. The molecule has 1 aromatic rings. The van der Waals surface area contributed by atoms with Crippen LogP contribution in [0, 0.1) is 11.8 Å². The number of aromatic nitrogens is 2. The van der Waals surface area contributed by atoms with Crippen LogP contribution in [0.1, 0.15) is 59.1 Å². The molecule has 0 aromatic carbocycles. The van der Waals surface area contributed by atoms with E-state index in [4.69, 9.17) is 11.5 Å².